The summed E-state index contributed by atoms with van der Waals surface area (Å²) in [4.78, 5) is 35.2. The maximum atomic E-state index is 12.6. The van der Waals surface area contributed by atoms with Crippen molar-refractivity contribution in [2.24, 2.45) is 0 Å². The normalized spacial score (nSPS) is 11.6. The first-order valence-corrected chi connectivity index (χ1v) is 9.21. The van der Waals surface area contributed by atoms with Gasteiger partial charge in [0.1, 0.15) is 6.04 Å². The highest BCUT2D eigenvalue weighted by molar-refractivity contribution is 7.98. The van der Waals surface area contributed by atoms with Crippen LogP contribution in [-0.2, 0) is 4.79 Å². The van der Waals surface area contributed by atoms with E-state index in [1.165, 1.54) is 18.4 Å². The monoisotopic (exact) mass is 377 g/mol. The van der Waals surface area contributed by atoms with Crippen LogP contribution in [0.3, 0.4) is 0 Å². The number of carbonyl (C=O) groups is 2. The summed E-state index contributed by atoms with van der Waals surface area (Å²) in [6, 6.07) is 6.74. The molecule has 1 atom stereocenters. The van der Waals surface area contributed by atoms with Crippen LogP contribution in [0.1, 0.15) is 22.5 Å². The lowest BCUT2D eigenvalue weighted by molar-refractivity contribution is -0.385. The minimum Gasteiger partial charge on any atom is -0.459 e. The highest BCUT2D eigenvalue weighted by atomic mass is 32.2. The van der Waals surface area contributed by atoms with Crippen molar-refractivity contribution in [3.05, 3.63) is 58.0 Å². The van der Waals surface area contributed by atoms with Crippen LogP contribution in [0.5, 0.6) is 0 Å². The largest absolute Gasteiger partial charge is 0.459 e. The highest BCUT2D eigenvalue weighted by Gasteiger charge is 2.23. The summed E-state index contributed by atoms with van der Waals surface area (Å²) in [5.74, 6) is -0.175. The average Bonchev–Trinajstić information content (AvgIpc) is 3.14. The standard InChI is InChI=1S/C17H19N3O5S/c1-11-5-6-12(10-14(11)20(23)24)18-16(21)13(7-9-26-2)19-17(22)15-4-3-8-25-15/h3-6,8,10,13H,7,9H2,1-2H3,(H,18,21)(H,19,22). The molecule has 0 radical (unpaired) electrons. The predicted octanol–water partition coefficient (Wildman–Crippen LogP) is 2.99. The molecule has 0 aliphatic heterocycles. The third-order valence-electron chi connectivity index (χ3n) is 3.65. The minimum absolute atomic E-state index is 0.0805. The van der Waals surface area contributed by atoms with E-state index in [1.54, 1.807) is 36.9 Å². The van der Waals surface area contributed by atoms with E-state index in [2.05, 4.69) is 10.6 Å². The number of nitrogens with zero attached hydrogens (tertiary/aromatic N) is 1. The van der Waals surface area contributed by atoms with Crippen LogP contribution in [0.15, 0.2) is 41.0 Å². The molecule has 0 bridgehead atoms. The Kier molecular flexibility index (Phi) is 6.79. The zero-order chi connectivity index (χ0) is 19.1. The molecule has 0 aliphatic carbocycles. The molecule has 0 fully saturated rings. The molecule has 2 N–H and O–H groups in total. The van der Waals surface area contributed by atoms with Crippen molar-refractivity contribution in [2.45, 2.75) is 19.4 Å². The Morgan fingerprint density at radius 3 is 2.73 bits per heavy atom. The number of hydrogen-bond acceptors (Lipinski definition) is 6. The Morgan fingerprint density at radius 1 is 1.35 bits per heavy atom. The summed E-state index contributed by atoms with van der Waals surface area (Å²) in [6.45, 7) is 1.62. The van der Waals surface area contributed by atoms with Crippen molar-refractivity contribution in [3.63, 3.8) is 0 Å². The van der Waals surface area contributed by atoms with E-state index in [4.69, 9.17) is 4.42 Å². The van der Waals surface area contributed by atoms with Gasteiger partial charge in [-0.1, -0.05) is 6.07 Å². The van der Waals surface area contributed by atoms with Crippen molar-refractivity contribution in [1.29, 1.82) is 0 Å². The molecular formula is C17H19N3O5S. The molecule has 2 aromatic rings. The Labute approximate surface area is 154 Å². The lowest BCUT2D eigenvalue weighted by Gasteiger charge is -2.17. The molecule has 0 saturated carbocycles. The van der Waals surface area contributed by atoms with Gasteiger partial charge in [0.25, 0.3) is 11.6 Å². The molecule has 1 aromatic carbocycles. The van der Waals surface area contributed by atoms with Crippen LogP contribution in [0, 0.1) is 17.0 Å². The smallest absolute Gasteiger partial charge is 0.287 e. The van der Waals surface area contributed by atoms with E-state index in [1.807, 2.05) is 6.26 Å². The molecular weight excluding hydrogens is 358 g/mol. The molecule has 1 aromatic heterocycles. The van der Waals surface area contributed by atoms with Crippen LogP contribution in [0.4, 0.5) is 11.4 Å². The van der Waals surface area contributed by atoms with Crippen LogP contribution in [0.2, 0.25) is 0 Å². The number of furan rings is 1. The fraction of sp³-hybridized carbons (Fsp3) is 0.294. The summed E-state index contributed by atoms with van der Waals surface area (Å²) in [6.07, 6.45) is 3.68. The van der Waals surface area contributed by atoms with Gasteiger partial charge >= 0.3 is 0 Å². The molecule has 1 heterocycles. The second kappa shape index (κ2) is 9.04. The number of nitro groups is 1. The molecule has 26 heavy (non-hydrogen) atoms. The van der Waals surface area contributed by atoms with Gasteiger partial charge in [-0.05, 0) is 43.6 Å². The molecule has 138 valence electrons. The Balaban J connectivity index is 2.12. The van der Waals surface area contributed by atoms with Crippen molar-refractivity contribution >= 4 is 35.0 Å². The van der Waals surface area contributed by atoms with Crippen molar-refractivity contribution < 1.29 is 18.9 Å². The lowest BCUT2D eigenvalue weighted by atomic mass is 10.1. The Bertz CT molecular complexity index is 792. The average molecular weight is 377 g/mol. The van der Waals surface area contributed by atoms with Crippen LogP contribution in [0.25, 0.3) is 0 Å². The zero-order valence-corrected chi connectivity index (χ0v) is 15.2. The summed E-state index contributed by atoms with van der Waals surface area (Å²) in [7, 11) is 0. The predicted molar refractivity (Wildman–Crippen MR) is 99.4 cm³/mol. The second-order valence-electron chi connectivity index (χ2n) is 5.53. The van der Waals surface area contributed by atoms with Gasteiger partial charge in [0.2, 0.25) is 5.91 Å². The van der Waals surface area contributed by atoms with Gasteiger partial charge in [-0.2, -0.15) is 11.8 Å². The van der Waals surface area contributed by atoms with Gasteiger partial charge in [0.15, 0.2) is 5.76 Å². The Hall–Kier alpha value is -2.81. The minimum atomic E-state index is -0.791. The molecule has 0 aliphatic rings. The fourth-order valence-corrected chi connectivity index (χ4v) is 2.73. The number of amides is 2. The number of nitro benzene ring substituents is 1. The first kappa shape index (κ1) is 19.5. The highest BCUT2D eigenvalue weighted by Crippen LogP contribution is 2.22. The molecule has 1 unspecified atom stereocenters. The number of aryl methyl sites for hydroxylation is 1. The first-order chi connectivity index (χ1) is 12.4. The molecule has 2 rings (SSSR count). The number of anilines is 1. The van der Waals surface area contributed by atoms with E-state index in [0.717, 1.165) is 0 Å². The van der Waals surface area contributed by atoms with Crippen LogP contribution >= 0.6 is 11.8 Å². The van der Waals surface area contributed by atoms with Crippen molar-refractivity contribution in [3.8, 4) is 0 Å². The summed E-state index contributed by atoms with van der Waals surface area (Å²) >= 11 is 1.54. The zero-order valence-electron chi connectivity index (χ0n) is 14.4. The number of thioether (sulfide) groups is 1. The Morgan fingerprint density at radius 2 is 2.12 bits per heavy atom. The lowest BCUT2D eigenvalue weighted by Crippen LogP contribution is -2.44. The summed E-state index contributed by atoms with van der Waals surface area (Å²) in [5.41, 5.74) is 0.717. The molecule has 2 amide bonds. The fourth-order valence-electron chi connectivity index (χ4n) is 2.25. The SMILES string of the molecule is CSCCC(NC(=O)c1ccco1)C(=O)Nc1ccc(C)c([N+](=O)[O-])c1. The van der Waals surface area contributed by atoms with E-state index in [-0.39, 0.29) is 11.4 Å². The summed E-state index contributed by atoms with van der Waals surface area (Å²) < 4.78 is 5.03. The topological polar surface area (TPSA) is 114 Å². The van der Waals surface area contributed by atoms with Crippen LogP contribution in [-0.4, -0.2) is 34.8 Å². The maximum Gasteiger partial charge on any atom is 0.287 e. The van der Waals surface area contributed by atoms with E-state index in [9.17, 15) is 19.7 Å². The van der Waals surface area contributed by atoms with Gasteiger partial charge in [-0.15, -0.1) is 0 Å². The first-order valence-electron chi connectivity index (χ1n) is 7.81. The third-order valence-corrected chi connectivity index (χ3v) is 4.29. The maximum absolute atomic E-state index is 12.6. The molecule has 8 nitrogen and oxygen atoms in total. The van der Waals surface area contributed by atoms with Gasteiger partial charge in [0.05, 0.1) is 11.2 Å². The van der Waals surface area contributed by atoms with Gasteiger partial charge in [-0.3, -0.25) is 19.7 Å². The van der Waals surface area contributed by atoms with E-state index < -0.39 is 22.8 Å². The quantitative estimate of drug-likeness (QED) is 0.540. The number of carbonyl (C=O) groups excluding carboxylic acids is 2. The van der Waals surface area contributed by atoms with E-state index in [0.29, 0.717) is 23.4 Å². The van der Waals surface area contributed by atoms with Crippen molar-refractivity contribution in [1.82, 2.24) is 5.32 Å². The van der Waals surface area contributed by atoms with Crippen LogP contribution < -0.4 is 10.6 Å². The third kappa shape index (κ3) is 5.09. The molecule has 0 spiro atoms. The number of rotatable bonds is 8. The van der Waals surface area contributed by atoms with Crippen molar-refractivity contribution in [2.75, 3.05) is 17.3 Å². The summed E-state index contributed by atoms with van der Waals surface area (Å²) in [5, 5.41) is 16.3. The molecule has 9 heteroatoms. The number of benzene rings is 1. The molecule has 0 saturated heterocycles. The number of hydrogen-bond donors (Lipinski definition) is 2. The van der Waals surface area contributed by atoms with Gasteiger partial charge in [-0.25, -0.2) is 0 Å². The van der Waals surface area contributed by atoms with Gasteiger partial charge in [0, 0.05) is 17.3 Å². The second-order valence-corrected chi connectivity index (χ2v) is 6.52. The van der Waals surface area contributed by atoms with Gasteiger partial charge < -0.3 is 15.1 Å². The van der Waals surface area contributed by atoms with E-state index >= 15 is 0 Å². The number of nitrogens with one attached hydrogen (secondary N) is 2.